The van der Waals surface area contributed by atoms with Gasteiger partial charge in [-0.15, -0.1) is 5.92 Å². The molecule has 0 aliphatic rings. The predicted octanol–water partition coefficient (Wildman–Crippen LogP) is 2.30. The van der Waals surface area contributed by atoms with Gasteiger partial charge in [0.2, 0.25) is 0 Å². The SMILES string of the molecule is C=C(C)CN(C)C(C)C#CCC. The number of hydrogen-bond donors (Lipinski definition) is 0. The number of likely N-dealkylation sites (N-methyl/N-ethyl adjacent to an activating group) is 1. The van der Waals surface area contributed by atoms with Gasteiger partial charge < -0.3 is 0 Å². The second-order valence-electron chi connectivity index (χ2n) is 3.22. The van der Waals surface area contributed by atoms with Crippen LogP contribution in [-0.4, -0.2) is 24.5 Å². The van der Waals surface area contributed by atoms with Crippen molar-refractivity contribution < 1.29 is 0 Å². The van der Waals surface area contributed by atoms with Crippen LogP contribution in [-0.2, 0) is 0 Å². The zero-order chi connectivity index (χ0) is 9.56. The summed E-state index contributed by atoms with van der Waals surface area (Å²) in [5.74, 6) is 6.25. The van der Waals surface area contributed by atoms with Crippen molar-refractivity contribution >= 4 is 0 Å². The summed E-state index contributed by atoms with van der Waals surface area (Å²) in [7, 11) is 2.07. The minimum atomic E-state index is 0.335. The van der Waals surface area contributed by atoms with Crippen molar-refractivity contribution in [3.8, 4) is 11.8 Å². The van der Waals surface area contributed by atoms with Crippen LogP contribution in [0.1, 0.15) is 27.2 Å². The Morgan fingerprint density at radius 2 is 2.17 bits per heavy atom. The Morgan fingerprint density at radius 3 is 2.58 bits per heavy atom. The second-order valence-corrected chi connectivity index (χ2v) is 3.22. The highest BCUT2D eigenvalue weighted by Gasteiger charge is 2.04. The van der Waals surface area contributed by atoms with Gasteiger partial charge in [0.1, 0.15) is 0 Å². The van der Waals surface area contributed by atoms with Gasteiger partial charge in [0.25, 0.3) is 0 Å². The molecule has 0 heterocycles. The van der Waals surface area contributed by atoms with Crippen molar-refractivity contribution in [1.82, 2.24) is 4.90 Å². The van der Waals surface area contributed by atoms with Crippen LogP contribution in [0, 0.1) is 11.8 Å². The average molecular weight is 165 g/mol. The van der Waals surface area contributed by atoms with E-state index in [2.05, 4.69) is 44.2 Å². The summed E-state index contributed by atoms with van der Waals surface area (Å²) in [6.45, 7) is 11.0. The molecule has 0 aliphatic carbocycles. The number of nitrogens with zero attached hydrogens (tertiary/aromatic N) is 1. The molecule has 12 heavy (non-hydrogen) atoms. The smallest absolute Gasteiger partial charge is 0.0686 e. The molecule has 0 rings (SSSR count). The molecule has 0 saturated heterocycles. The van der Waals surface area contributed by atoms with E-state index in [0.29, 0.717) is 6.04 Å². The van der Waals surface area contributed by atoms with Gasteiger partial charge in [-0.05, 0) is 20.9 Å². The first-order valence-corrected chi connectivity index (χ1v) is 4.41. The van der Waals surface area contributed by atoms with Crippen molar-refractivity contribution in [3.05, 3.63) is 12.2 Å². The molecule has 1 nitrogen and oxygen atoms in total. The van der Waals surface area contributed by atoms with E-state index in [1.165, 1.54) is 5.57 Å². The molecule has 0 fully saturated rings. The van der Waals surface area contributed by atoms with E-state index in [1.54, 1.807) is 0 Å². The molecule has 0 aromatic rings. The fraction of sp³-hybridized carbons (Fsp3) is 0.636. The standard InChI is InChI=1S/C11H19N/c1-6-7-8-11(4)12(5)9-10(2)3/h11H,2,6,9H2,1,3-5H3. The average Bonchev–Trinajstić information content (AvgIpc) is 1.98. The summed E-state index contributed by atoms with van der Waals surface area (Å²) in [4.78, 5) is 2.20. The van der Waals surface area contributed by atoms with Gasteiger partial charge in [-0.25, -0.2) is 0 Å². The highest BCUT2D eigenvalue weighted by Crippen LogP contribution is 1.98. The van der Waals surface area contributed by atoms with Gasteiger partial charge in [0.15, 0.2) is 0 Å². The molecule has 0 spiro atoms. The third-order valence-corrected chi connectivity index (χ3v) is 1.67. The van der Waals surface area contributed by atoms with Crippen molar-refractivity contribution in [2.75, 3.05) is 13.6 Å². The summed E-state index contributed by atoms with van der Waals surface area (Å²) in [6.07, 6.45) is 0.936. The minimum Gasteiger partial charge on any atom is -0.289 e. The predicted molar refractivity (Wildman–Crippen MR) is 55.0 cm³/mol. The van der Waals surface area contributed by atoms with E-state index in [0.717, 1.165) is 13.0 Å². The van der Waals surface area contributed by atoms with Crippen LogP contribution in [0.5, 0.6) is 0 Å². The van der Waals surface area contributed by atoms with Crippen molar-refractivity contribution in [3.63, 3.8) is 0 Å². The molecular weight excluding hydrogens is 146 g/mol. The normalized spacial score (nSPS) is 12.1. The summed E-state index contributed by atoms with van der Waals surface area (Å²) in [5.41, 5.74) is 1.18. The van der Waals surface area contributed by atoms with Crippen LogP contribution in [0.25, 0.3) is 0 Å². The lowest BCUT2D eigenvalue weighted by atomic mass is 10.2. The molecule has 0 radical (unpaired) electrons. The van der Waals surface area contributed by atoms with Gasteiger partial charge in [-0.3, -0.25) is 4.90 Å². The highest BCUT2D eigenvalue weighted by atomic mass is 15.1. The first-order chi connectivity index (χ1) is 5.57. The lowest BCUT2D eigenvalue weighted by Crippen LogP contribution is -2.29. The maximum absolute atomic E-state index is 3.87. The molecule has 1 atom stereocenters. The monoisotopic (exact) mass is 165 g/mol. The Hall–Kier alpha value is -0.740. The molecular formula is C11H19N. The van der Waals surface area contributed by atoms with E-state index in [9.17, 15) is 0 Å². The largest absolute Gasteiger partial charge is 0.289 e. The van der Waals surface area contributed by atoms with Gasteiger partial charge in [-0.2, -0.15) is 0 Å². The fourth-order valence-electron chi connectivity index (χ4n) is 0.923. The maximum atomic E-state index is 3.87. The van der Waals surface area contributed by atoms with Crippen LogP contribution < -0.4 is 0 Å². The molecule has 0 bridgehead atoms. The molecule has 0 N–H and O–H groups in total. The maximum Gasteiger partial charge on any atom is 0.0686 e. The van der Waals surface area contributed by atoms with E-state index < -0.39 is 0 Å². The summed E-state index contributed by atoms with van der Waals surface area (Å²) >= 11 is 0. The lowest BCUT2D eigenvalue weighted by Gasteiger charge is -2.19. The van der Waals surface area contributed by atoms with Gasteiger partial charge in [0, 0.05) is 13.0 Å². The third-order valence-electron chi connectivity index (χ3n) is 1.67. The van der Waals surface area contributed by atoms with Crippen LogP contribution in [0.2, 0.25) is 0 Å². The van der Waals surface area contributed by atoms with Gasteiger partial charge in [-0.1, -0.05) is 25.0 Å². The van der Waals surface area contributed by atoms with Crippen LogP contribution in [0.4, 0.5) is 0 Å². The van der Waals surface area contributed by atoms with Gasteiger partial charge in [0.05, 0.1) is 6.04 Å². The quantitative estimate of drug-likeness (QED) is 0.458. The first-order valence-electron chi connectivity index (χ1n) is 4.41. The zero-order valence-corrected chi connectivity index (χ0v) is 8.65. The van der Waals surface area contributed by atoms with Crippen LogP contribution in [0.15, 0.2) is 12.2 Å². The van der Waals surface area contributed by atoms with Crippen molar-refractivity contribution in [1.29, 1.82) is 0 Å². The zero-order valence-electron chi connectivity index (χ0n) is 8.65. The molecule has 1 heteroatoms. The minimum absolute atomic E-state index is 0.335. The fourth-order valence-corrected chi connectivity index (χ4v) is 0.923. The Balaban J connectivity index is 3.92. The molecule has 0 aliphatic heterocycles. The van der Waals surface area contributed by atoms with E-state index in [4.69, 9.17) is 0 Å². The molecule has 0 aromatic heterocycles. The van der Waals surface area contributed by atoms with Gasteiger partial charge >= 0.3 is 0 Å². The molecule has 1 unspecified atom stereocenters. The molecule has 0 aromatic carbocycles. The molecule has 68 valence electrons. The van der Waals surface area contributed by atoms with Crippen LogP contribution >= 0.6 is 0 Å². The summed E-state index contributed by atoms with van der Waals surface area (Å²) in [6, 6.07) is 0.335. The van der Waals surface area contributed by atoms with E-state index >= 15 is 0 Å². The molecule has 0 amide bonds. The number of rotatable bonds is 3. The topological polar surface area (TPSA) is 3.24 Å². The Labute approximate surface area is 76.5 Å². The van der Waals surface area contributed by atoms with Crippen molar-refractivity contribution in [2.24, 2.45) is 0 Å². The second kappa shape index (κ2) is 5.85. The third kappa shape index (κ3) is 4.98. The number of hydrogen-bond acceptors (Lipinski definition) is 1. The highest BCUT2D eigenvalue weighted by molar-refractivity contribution is 5.07. The Bertz CT molecular complexity index is 195. The van der Waals surface area contributed by atoms with E-state index in [1.807, 2.05) is 6.92 Å². The van der Waals surface area contributed by atoms with Crippen molar-refractivity contribution in [2.45, 2.75) is 33.2 Å². The Kier molecular flexibility index (Phi) is 5.49. The van der Waals surface area contributed by atoms with E-state index in [-0.39, 0.29) is 0 Å². The summed E-state index contributed by atoms with van der Waals surface area (Å²) in [5, 5.41) is 0. The first kappa shape index (κ1) is 11.3. The lowest BCUT2D eigenvalue weighted by molar-refractivity contribution is 0.330. The Morgan fingerprint density at radius 1 is 1.58 bits per heavy atom. The summed E-state index contributed by atoms with van der Waals surface area (Å²) < 4.78 is 0. The molecule has 0 saturated carbocycles. The van der Waals surface area contributed by atoms with Crippen LogP contribution in [0.3, 0.4) is 0 Å².